The third-order valence-electron chi connectivity index (χ3n) is 5.22. The van der Waals surface area contributed by atoms with Gasteiger partial charge in [-0.05, 0) is 30.5 Å². The Kier molecular flexibility index (Phi) is 4.10. The molecule has 0 aromatic carbocycles. The highest BCUT2D eigenvalue weighted by Crippen LogP contribution is 2.28. The van der Waals surface area contributed by atoms with Crippen molar-refractivity contribution in [3.8, 4) is 0 Å². The van der Waals surface area contributed by atoms with Crippen molar-refractivity contribution in [1.82, 2.24) is 24.1 Å². The van der Waals surface area contributed by atoms with Gasteiger partial charge >= 0.3 is 5.69 Å². The Hall–Kier alpha value is -2.90. The van der Waals surface area contributed by atoms with Gasteiger partial charge in [0, 0.05) is 39.1 Å². The highest BCUT2D eigenvalue weighted by atomic mass is 16.2. The fourth-order valence-corrected chi connectivity index (χ4v) is 3.73. The molecule has 0 unspecified atom stereocenters. The van der Waals surface area contributed by atoms with Gasteiger partial charge in [0.15, 0.2) is 11.2 Å². The third-order valence-corrected chi connectivity index (χ3v) is 5.22. The zero-order valence-electron chi connectivity index (χ0n) is 15.0. The van der Waals surface area contributed by atoms with Gasteiger partial charge in [0.2, 0.25) is 5.95 Å². The van der Waals surface area contributed by atoms with Crippen LogP contribution in [0.1, 0.15) is 31.2 Å². The van der Waals surface area contributed by atoms with E-state index < -0.39 is 0 Å². The molecule has 0 radical (unpaired) electrons. The lowest BCUT2D eigenvalue weighted by Crippen LogP contribution is -2.36. The van der Waals surface area contributed by atoms with Crippen molar-refractivity contribution in [3.05, 3.63) is 50.9 Å². The van der Waals surface area contributed by atoms with Crippen LogP contribution in [-0.2, 0) is 20.6 Å². The van der Waals surface area contributed by atoms with E-state index in [2.05, 4.69) is 19.9 Å². The van der Waals surface area contributed by atoms with E-state index in [1.165, 1.54) is 24.5 Å². The Morgan fingerprint density at radius 1 is 1.15 bits per heavy atom. The van der Waals surface area contributed by atoms with Crippen LogP contribution in [0.15, 0.2) is 34.1 Å². The number of nitrogens with one attached hydrogen (secondary N) is 1. The highest BCUT2D eigenvalue weighted by molar-refractivity contribution is 5.73. The minimum Gasteiger partial charge on any atom is -0.335 e. The van der Waals surface area contributed by atoms with Crippen molar-refractivity contribution >= 4 is 17.1 Å². The molecule has 1 N–H and O–H groups in total. The number of rotatable bonds is 4. The van der Waals surface area contributed by atoms with Crippen LogP contribution in [0.3, 0.4) is 0 Å². The fraction of sp³-hybridized carbons (Fsp3) is 0.444. The molecule has 136 valence electrons. The first-order valence-corrected chi connectivity index (χ1v) is 8.87. The SMILES string of the molecule is Cn1c(=O)c2[nH]c(N(Cc3ccncc3)C3CCCC3)nc2n(C)c1=O. The van der Waals surface area contributed by atoms with E-state index in [9.17, 15) is 9.59 Å². The van der Waals surface area contributed by atoms with Crippen LogP contribution in [0.2, 0.25) is 0 Å². The Labute approximate surface area is 150 Å². The zero-order chi connectivity index (χ0) is 18.3. The molecule has 8 heteroatoms. The highest BCUT2D eigenvalue weighted by Gasteiger charge is 2.26. The number of hydrogen-bond acceptors (Lipinski definition) is 5. The maximum atomic E-state index is 12.5. The summed E-state index contributed by atoms with van der Waals surface area (Å²) in [6.07, 6.45) is 8.13. The second-order valence-corrected chi connectivity index (χ2v) is 6.89. The van der Waals surface area contributed by atoms with E-state index in [0.717, 1.165) is 23.0 Å². The van der Waals surface area contributed by atoms with Gasteiger partial charge in [-0.2, -0.15) is 4.98 Å². The summed E-state index contributed by atoms with van der Waals surface area (Å²) in [4.78, 5) is 38.7. The molecule has 4 rings (SSSR count). The first-order valence-electron chi connectivity index (χ1n) is 8.87. The normalized spacial score (nSPS) is 15.0. The monoisotopic (exact) mass is 354 g/mol. The van der Waals surface area contributed by atoms with E-state index >= 15 is 0 Å². The summed E-state index contributed by atoms with van der Waals surface area (Å²) in [6, 6.07) is 4.34. The molecule has 1 aliphatic carbocycles. The lowest BCUT2D eigenvalue weighted by molar-refractivity contribution is 0.593. The van der Waals surface area contributed by atoms with Crippen molar-refractivity contribution in [3.63, 3.8) is 0 Å². The van der Waals surface area contributed by atoms with Crippen molar-refractivity contribution in [2.45, 2.75) is 38.3 Å². The molecular weight excluding hydrogens is 332 g/mol. The maximum absolute atomic E-state index is 12.5. The molecule has 8 nitrogen and oxygen atoms in total. The van der Waals surface area contributed by atoms with E-state index in [-0.39, 0.29) is 11.2 Å². The molecule has 0 saturated heterocycles. The van der Waals surface area contributed by atoms with Gasteiger partial charge in [-0.3, -0.25) is 18.9 Å². The van der Waals surface area contributed by atoms with Crippen molar-refractivity contribution in [2.24, 2.45) is 14.1 Å². The Bertz CT molecular complexity index is 1040. The Morgan fingerprint density at radius 3 is 2.54 bits per heavy atom. The summed E-state index contributed by atoms with van der Waals surface area (Å²) in [5, 5.41) is 0. The number of nitrogens with zero attached hydrogens (tertiary/aromatic N) is 5. The quantitative estimate of drug-likeness (QED) is 0.763. The standard InChI is InChI=1S/C18H22N6O2/c1-22-15-14(16(25)23(2)18(22)26)20-17(21-15)24(13-5-3-4-6-13)11-12-7-9-19-10-8-12/h7-10,13H,3-6,11H2,1-2H3,(H,20,21). The van der Waals surface area contributed by atoms with Gasteiger partial charge < -0.3 is 9.88 Å². The molecule has 3 heterocycles. The summed E-state index contributed by atoms with van der Waals surface area (Å²) in [7, 11) is 3.12. The summed E-state index contributed by atoms with van der Waals surface area (Å²) in [5.41, 5.74) is 1.17. The van der Waals surface area contributed by atoms with Crippen molar-refractivity contribution in [1.29, 1.82) is 0 Å². The molecule has 0 aliphatic heterocycles. The van der Waals surface area contributed by atoms with E-state index in [1.54, 1.807) is 19.4 Å². The number of fused-ring (bicyclic) bond motifs is 1. The van der Waals surface area contributed by atoms with Crippen LogP contribution >= 0.6 is 0 Å². The molecule has 3 aromatic rings. The summed E-state index contributed by atoms with van der Waals surface area (Å²) in [6.45, 7) is 0.682. The molecule has 0 atom stereocenters. The minimum absolute atomic E-state index is 0.350. The number of imidazole rings is 1. The zero-order valence-corrected chi connectivity index (χ0v) is 15.0. The van der Waals surface area contributed by atoms with Gasteiger partial charge in [0.05, 0.1) is 0 Å². The van der Waals surface area contributed by atoms with E-state index in [4.69, 9.17) is 0 Å². The van der Waals surface area contributed by atoms with Gasteiger partial charge in [0.25, 0.3) is 5.56 Å². The van der Waals surface area contributed by atoms with Gasteiger partial charge in [0.1, 0.15) is 0 Å². The van der Waals surface area contributed by atoms with Crippen LogP contribution in [-0.4, -0.2) is 30.1 Å². The van der Waals surface area contributed by atoms with Gasteiger partial charge in [-0.25, -0.2) is 4.79 Å². The molecule has 1 aliphatic rings. The molecule has 0 bridgehead atoms. The van der Waals surface area contributed by atoms with Crippen LogP contribution in [0.25, 0.3) is 11.2 Å². The Balaban J connectivity index is 1.83. The van der Waals surface area contributed by atoms with Crippen LogP contribution in [0, 0.1) is 0 Å². The molecule has 26 heavy (non-hydrogen) atoms. The number of pyridine rings is 1. The Morgan fingerprint density at radius 2 is 1.85 bits per heavy atom. The predicted molar refractivity (Wildman–Crippen MR) is 99.3 cm³/mol. The van der Waals surface area contributed by atoms with Crippen LogP contribution in [0.4, 0.5) is 5.95 Å². The average Bonchev–Trinajstić information content (AvgIpc) is 3.34. The molecule has 1 fully saturated rings. The number of aromatic amines is 1. The van der Waals surface area contributed by atoms with Gasteiger partial charge in [-0.1, -0.05) is 12.8 Å². The molecule has 1 saturated carbocycles. The first kappa shape index (κ1) is 16.6. The number of hydrogen-bond donors (Lipinski definition) is 1. The summed E-state index contributed by atoms with van der Waals surface area (Å²) < 4.78 is 2.52. The minimum atomic E-state index is -0.373. The van der Waals surface area contributed by atoms with Crippen molar-refractivity contribution < 1.29 is 0 Å². The maximum Gasteiger partial charge on any atom is 0.332 e. The first-order chi connectivity index (χ1) is 12.6. The number of anilines is 1. The largest absolute Gasteiger partial charge is 0.335 e. The summed E-state index contributed by atoms with van der Waals surface area (Å²) in [5.74, 6) is 0.641. The third kappa shape index (κ3) is 2.71. The van der Waals surface area contributed by atoms with Gasteiger partial charge in [-0.15, -0.1) is 0 Å². The molecular formula is C18H22N6O2. The van der Waals surface area contributed by atoms with E-state index in [1.807, 2.05) is 12.1 Å². The summed E-state index contributed by atoms with van der Waals surface area (Å²) >= 11 is 0. The molecule has 3 aromatic heterocycles. The lowest BCUT2D eigenvalue weighted by Gasteiger charge is -2.28. The van der Waals surface area contributed by atoms with Crippen LogP contribution < -0.4 is 16.1 Å². The topological polar surface area (TPSA) is 88.8 Å². The predicted octanol–water partition coefficient (Wildman–Crippen LogP) is 1.30. The van der Waals surface area contributed by atoms with E-state index in [0.29, 0.717) is 29.7 Å². The molecule has 0 spiro atoms. The second-order valence-electron chi connectivity index (χ2n) is 6.89. The fourth-order valence-electron chi connectivity index (χ4n) is 3.73. The van der Waals surface area contributed by atoms with Crippen LogP contribution in [0.5, 0.6) is 0 Å². The smallest absolute Gasteiger partial charge is 0.332 e. The number of aryl methyl sites for hydroxylation is 1. The number of H-pyrrole nitrogens is 1. The second kappa shape index (κ2) is 6.44. The lowest BCUT2D eigenvalue weighted by atomic mass is 10.2. The van der Waals surface area contributed by atoms with Crippen molar-refractivity contribution in [2.75, 3.05) is 4.90 Å². The molecule has 0 amide bonds. The average molecular weight is 354 g/mol. The number of aromatic nitrogens is 5.